The summed E-state index contributed by atoms with van der Waals surface area (Å²) in [4.78, 5) is 27.9. The summed E-state index contributed by atoms with van der Waals surface area (Å²) in [5.41, 5.74) is 0.816. The molecule has 1 heterocycles. The van der Waals surface area contributed by atoms with Crippen molar-refractivity contribution in [3.8, 4) is 11.5 Å². The number of amides is 1. The molecule has 2 aromatic rings. The van der Waals surface area contributed by atoms with Crippen molar-refractivity contribution >= 4 is 11.9 Å². The Hall–Kier alpha value is -2.70. The second-order valence-electron chi connectivity index (χ2n) is 6.45. The molecule has 0 radical (unpaired) electrons. The van der Waals surface area contributed by atoms with Crippen molar-refractivity contribution in [1.82, 2.24) is 15.5 Å². The molecule has 3 atom stereocenters. The van der Waals surface area contributed by atoms with E-state index in [2.05, 4.69) is 15.5 Å². The number of nitrogens with one attached hydrogen (secondary N) is 1. The third-order valence-corrected chi connectivity index (χ3v) is 4.60. The molecule has 1 aromatic carbocycles. The number of carboxylic acids is 1. The Kier molecular flexibility index (Phi) is 5.11. The van der Waals surface area contributed by atoms with E-state index in [9.17, 15) is 9.59 Å². The number of hydrogen-bond donors (Lipinski definition) is 2. The number of hydrogen-bond acceptors (Lipinski definition) is 5. The number of carbonyl (C=O) groups is 2. The van der Waals surface area contributed by atoms with E-state index in [1.54, 1.807) is 6.92 Å². The number of rotatable bonds is 5. The molecule has 25 heavy (non-hydrogen) atoms. The topological polar surface area (TPSA) is 105 Å². The molecule has 0 saturated heterocycles. The number of carboxylic acid groups (broad SMARTS) is 1. The van der Waals surface area contributed by atoms with Crippen molar-refractivity contribution in [1.29, 1.82) is 0 Å². The first-order valence-electron chi connectivity index (χ1n) is 8.47. The summed E-state index contributed by atoms with van der Waals surface area (Å²) in [6.45, 7) is 1.79. The lowest BCUT2D eigenvalue weighted by Crippen LogP contribution is -2.37. The Bertz CT molecular complexity index is 744. The minimum Gasteiger partial charge on any atom is -0.481 e. The minimum absolute atomic E-state index is 0.149. The molecule has 132 valence electrons. The summed E-state index contributed by atoms with van der Waals surface area (Å²) >= 11 is 0. The van der Waals surface area contributed by atoms with Gasteiger partial charge in [0, 0.05) is 11.5 Å². The van der Waals surface area contributed by atoms with Gasteiger partial charge in [0.15, 0.2) is 5.82 Å². The van der Waals surface area contributed by atoms with E-state index in [1.807, 2.05) is 30.3 Å². The first-order chi connectivity index (χ1) is 12.0. The van der Waals surface area contributed by atoms with Crippen LogP contribution in [0, 0.1) is 11.8 Å². The first-order valence-corrected chi connectivity index (χ1v) is 8.47. The molecule has 7 heteroatoms. The summed E-state index contributed by atoms with van der Waals surface area (Å²) < 4.78 is 5.26. The lowest BCUT2D eigenvalue weighted by Gasteiger charge is -2.26. The van der Waals surface area contributed by atoms with Gasteiger partial charge in [-0.1, -0.05) is 29.8 Å². The zero-order valence-electron chi connectivity index (χ0n) is 14.0. The minimum atomic E-state index is -0.823. The number of nitrogens with zero attached hydrogens (tertiary/aromatic N) is 2. The van der Waals surface area contributed by atoms with Crippen LogP contribution in [0.3, 0.4) is 0 Å². The highest BCUT2D eigenvalue weighted by molar-refractivity contribution is 5.80. The zero-order valence-corrected chi connectivity index (χ0v) is 14.0. The van der Waals surface area contributed by atoms with Crippen LogP contribution < -0.4 is 5.32 Å². The maximum Gasteiger partial charge on any atom is 0.306 e. The van der Waals surface area contributed by atoms with Crippen LogP contribution in [0.25, 0.3) is 11.5 Å². The van der Waals surface area contributed by atoms with Crippen LogP contribution in [0.5, 0.6) is 0 Å². The Morgan fingerprint density at radius 2 is 1.96 bits per heavy atom. The fourth-order valence-corrected chi connectivity index (χ4v) is 3.16. The third-order valence-electron chi connectivity index (χ3n) is 4.60. The third kappa shape index (κ3) is 4.04. The average molecular weight is 343 g/mol. The van der Waals surface area contributed by atoms with Crippen molar-refractivity contribution in [2.45, 2.75) is 38.6 Å². The van der Waals surface area contributed by atoms with Crippen molar-refractivity contribution < 1.29 is 19.2 Å². The van der Waals surface area contributed by atoms with Gasteiger partial charge in [-0.15, -0.1) is 0 Å². The molecule has 1 saturated carbocycles. The van der Waals surface area contributed by atoms with E-state index in [4.69, 9.17) is 9.63 Å². The Labute approximate surface area is 145 Å². The van der Waals surface area contributed by atoms with Gasteiger partial charge >= 0.3 is 5.97 Å². The van der Waals surface area contributed by atoms with Gasteiger partial charge in [0.2, 0.25) is 5.91 Å². The molecule has 7 nitrogen and oxygen atoms in total. The van der Waals surface area contributed by atoms with Crippen molar-refractivity contribution in [3.05, 3.63) is 36.2 Å². The van der Waals surface area contributed by atoms with Gasteiger partial charge in [0.05, 0.1) is 12.0 Å². The maximum absolute atomic E-state index is 12.4. The molecule has 2 N–H and O–H groups in total. The number of benzene rings is 1. The van der Waals surface area contributed by atoms with E-state index >= 15 is 0 Å². The number of carbonyl (C=O) groups excluding carboxylic acids is 1. The Balaban J connectivity index is 1.62. The summed E-state index contributed by atoms with van der Waals surface area (Å²) in [5.74, 6) is -0.883. The first kappa shape index (κ1) is 17.1. The SMILES string of the molecule is CC(NC(=O)C1CCCC(C(=O)O)C1)c1noc(-c2ccccc2)n1. The van der Waals surface area contributed by atoms with Gasteiger partial charge in [-0.05, 0) is 38.3 Å². The van der Waals surface area contributed by atoms with Gasteiger partial charge in [-0.3, -0.25) is 9.59 Å². The molecule has 3 rings (SSSR count). The lowest BCUT2D eigenvalue weighted by atomic mass is 9.81. The standard InChI is InChI=1S/C18H21N3O4/c1-11(15-20-17(25-21-15)12-6-3-2-4-7-12)19-16(22)13-8-5-9-14(10-13)18(23)24/h2-4,6-7,11,13-14H,5,8-10H2,1H3,(H,19,22)(H,23,24). The number of aromatic nitrogens is 2. The molecule has 1 aliphatic carbocycles. The van der Waals surface area contributed by atoms with Gasteiger partial charge < -0.3 is 14.9 Å². The predicted molar refractivity (Wildman–Crippen MR) is 89.4 cm³/mol. The summed E-state index contributed by atoms with van der Waals surface area (Å²) in [5, 5.41) is 16.0. The van der Waals surface area contributed by atoms with Crippen LogP contribution in [0.15, 0.2) is 34.9 Å². The van der Waals surface area contributed by atoms with Crippen LogP contribution in [0.1, 0.15) is 44.5 Å². The van der Waals surface area contributed by atoms with Gasteiger partial charge in [-0.25, -0.2) is 0 Å². The van der Waals surface area contributed by atoms with Crippen LogP contribution >= 0.6 is 0 Å². The average Bonchev–Trinajstić information content (AvgIpc) is 3.13. The zero-order chi connectivity index (χ0) is 17.8. The fraction of sp³-hybridized carbons (Fsp3) is 0.444. The molecule has 0 spiro atoms. The smallest absolute Gasteiger partial charge is 0.306 e. The molecule has 1 amide bonds. The van der Waals surface area contributed by atoms with Crippen molar-refractivity contribution in [3.63, 3.8) is 0 Å². The van der Waals surface area contributed by atoms with E-state index in [1.165, 1.54) is 0 Å². The molecule has 1 aromatic heterocycles. The van der Waals surface area contributed by atoms with E-state index in [0.717, 1.165) is 12.0 Å². The van der Waals surface area contributed by atoms with Gasteiger partial charge in [0.1, 0.15) is 0 Å². The fourth-order valence-electron chi connectivity index (χ4n) is 3.16. The highest BCUT2D eigenvalue weighted by atomic mass is 16.5. The number of aliphatic carboxylic acids is 1. The van der Waals surface area contributed by atoms with Crippen molar-refractivity contribution in [2.75, 3.05) is 0 Å². The van der Waals surface area contributed by atoms with Gasteiger partial charge in [0.25, 0.3) is 5.89 Å². The maximum atomic E-state index is 12.4. The monoisotopic (exact) mass is 343 g/mol. The predicted octanol–water partition coefficient (Wildman–Crippen LogP) is 2.80. The molecule has 0 aliphatic heterocycles. The summed E-state index contributed by atoms with van der Waals surface area (Å²) in [7, 11) is 0. The normalized spacial score (nSPS) is 21.5. The lowest BCUT2D eigenvalue weighted by molar-refractivity contribution is -0.144. The van der Waals surface area contributed by atoms with Crippen molar-refractivity contribution in [2.24, 2.45) is 11.8 Å². The molecular formula is C18H21N3O4. The van der Waals surface area contributed by atoms with Crippen LogP contribution in [-0.4, -0.2) is 27.1 Å². The summed E-state index contributed by atoms with van der Waals surface area (Å²) in [6.07, 6.45) is 2.49. The van der Waals surface area contributed by atoms with Crippen LogP contribution in [-0.2, 0) is 9.59 Å². The highest BCUT2D eigenvalue weighted by Gasteiger charge is 2.32. The Morgan fingerprint density at radius 3 is 2.68 bits per heavy atom. The molecule has 1 aliphatic rings. The molecule has 1 fully saturated rings. The quantitative estimate of drug-likeness (QED) is 0.865. The summed E-state index contributed by atoms with van der Waals surface area (Å²) in [6, 6.07) is 9.00. The van der Waals surface area contributed by atoms with Crippen LogP contribution in [0.4, 0.5) is 0 Å². The highest BCUT2D eigenvalue weighted by Crippen LogP contribution is 2.30. The molecular weight excluding hydrogens is 322 g/mol. The van der Waals surface area contributed by atoms with E-state index in [-0.39, 0.29) is 11.8 Å². The second-order valence-corrected chi connectivity index (χ2v) is 6.45. The second kappa shape index (κ2) is 7.46. The van der Waals surface area contributed by atoms with Crippen LogP contribution in [0.2, 0.25) is 0 Å². The molecule has 0 bridgehead atoms. The Morgan fingerprint density at radius 1 is 1.24 bits per heavy atom. The molecule has 3 unspecified atom stereocenters. The van der Waals surface area contributed by atoms with E-state index < -0.39 is 17.9 Å². The largest absolute Gasteiger partial charge is 0.481 e. The van der Waals surface area contributed by atoms with Gasteiger partial charge in [-0.2, -0.15) is 4.98 Å². The van der Waals surface area contributed by atoms with E-state index in [0.29, 0.717) is 31.0 Å².